The third-order valence-corrected chi connectivity index (χ3v) is 2.51. The topological polar surface area (TPSA) is 53.4 Å². The van der Waals surface area contributed by atoms with Gasteiger partial charge in [0.05, 0.1) is 0 Å². The fourth-order valence-electron chi connectivity index (χ4n) is 1.51. The number of carboxylic acids is 1. The van der Waals surface area contributed by atoms with Gasteiger partial charge in [-0.05, 0) is 31.2 Å². The monoisotopic (exact) mass is 234 g/mol. The number of hydrogen-bond donors (Lipinski definition) is 1. The molecule has 0 radical (unpaired) electrons. The van der Waals surface area contributed by atoms with Crippen LogP contribution in [-0.4, -0.2) is 34.6 Å². The fraction of sp³-hybridized carbons (Fsp3) is 0.385. The summed E-state index contributed by atoms with van der Waals surface area (Å²) in [6, 6.07) is 3.91. The van der Waals surface area contributed by atoms with Crippen molar-refractivity contribution in [3.63, 3.8) is 0 Å². The van der Waals surface area contributed by atoms with Crippen molar-refractivity contribution < 1.29 is 9.90 Å². The third-order valence-electron chi connectivity index (χ3n) is 2.51. The van der Waals surface area contributed by atoms with Crippen LogP contribution in [0, 0.1) is 0 Å². The molecule has 0 aromatic carbocycles. The lowest BCUT2D eigenvalue weighted by molar-refractivity contribution is -0.132. The number of pyridine rings is 1. The van der Waals surface area contributed by atoms with E-state index in [1.807, 2.05) is 26.1 Å². The smallest absolute Gasteiger partial charge is 0.331 e. The van der Waals surface area contributed by atoms with E-state index >= 15 is 0 Å². The lowest BCUT2D eigenvalue weighted by Crippen LogP contribution is -2.18. The van der Waals surface area contributed by atoms with Crippen LogP contribution in [0.15, 0.2) is 36.2 Å². The van der Waals surface area contributed by atoms with Crippen LogP contribution in [0.2, 0.25) is 0 Å². The second kappa shape index (κ2) is 6.81. The Balaban J connectivity index is 2.50. The maximum Gasteiger partial charge on any atom is 0.331 e. The lowest BCUT2D eigenvalue weighted by atomic mass is 10.2. The predicted molar refractivity (Wildman–Crippen MR) is 66.6 cm³/mol. The minimum atomic E-state index is -0.829. The van der Waals surface area contributed by atoms with Crippen molar-refractivity contribution in [1.82, 2.24) is 9.88 Å². The van der Waals surface area contributed by atoms with Gasteiger partial charge in [-0.3, -0.25) is 9.88 Å². The van der Waals surface area contributed by atoms with E-state index in [1.165, 1.54) is 5.56 Å². The van der Waals surface area contributed by atoms with Gasteiger partial charge in [0, 0.05) is 31.1 Å². The Bertz CT molecular complexity index is 388. The number of carboxylic acid groups (broad SMARTS) is 1. The van der Waals surface area contributed by atoms with Crippen LogP contribution >= 0.6 is 0 Å². The number of rotatable bonds is 6. The first-order valence-electron chi connectivity index (χ1n) is 5.63. The summed E-state index contributed by atoms with van der Waals surface area (Å²) in [7, 11) is 1.96. The van der Waals surface area contributed by atoms with Gasteiger partial charge in [-0.2, -0.15) is 0 Å². The molecule has 0 bridgehead atoms. The van der Waals surface area contributed by atoms with Gasteiger partial charge in [-0.25, -0.2) is 4.79 Å². The highest BCUT2D eigenvalue weighted by Gasteiger charge is 2.04. The lowest BCUT2D eigenvalue weighted by Gasteiger charge is -2.14. The Morgan fingerprint density at radius 1 is 1.47 bits per heavy atom. The van der Waals surface area contributed by atoms with E-state index in [2.05, 4.69) is 9.88 Å². The SMILES string of the molecule is CCC(=CCN(C)Cc1ccncc1)C(=O)O. The van der Waals surface area contributed by atoms with Crippen molar-refractivity contribution in [3.8, 4) is 0 Å². The first-order valence-corrected chi connectivity index (χ1v) is 5.63. The normalized spacial score (nSPS) is 11.8. The molecule has 4 heteroatoms. The summed E-state index contributed by atoms with van der Waals surface area (Å²) in [5.41, 5.74) is 1.64. The highest BCUT2D eigenvalue weighted by molar-refractivity contribution is 5.86. The van der Waals surface area contributed by atoms with Gasteiger partial charge < -0.3 is 5.11 Å². The number of nitrogens with zero attached hydrogens (tertiary/aromatic N) is 2. The average Bonchev–Trinajstić information content (AvgIpc) is 2.30. The molecule has 4 nitrogen and oxygen atoms in total. The largest absolute Gasteiger partial charge is 0.478 e. The van der Waals surface area contributed by atoms with E-state index < -0.39 is 5.97 Å². The summed E-state index contributed by atoms with van der Waals surface area (Å²) < 4.78 is 0. The van der Waals surface area contributed by atoms with Crippen LogP contribution < -0.4 is 0 Å². The second-order valence-corrected chi connectivity index (χ2v) is 3.94. The summed E-state index contributed by atoms with van der Waals surface area (Å²) in [5.74, 6) is -0.829. The molecule has 0 unspecified atom stereocenters. The van der Waals surface area contributed by atoms with E-state index in [0.29, 0.717) is 18.5 Å². The Labute approximate surface area is 102 Å². The zero-order chi connectivity index (χ0) is 12.7. The summed E-state index contributed by atoms with van der Waals surface area (Å²) >= 11 is 0. The van der Waals surface area contributed by atoms with Crippen molar-refractivity contribution in [3.05, 3.63) is 41.7 Å². The molecule has 92 valence electrons. The molecule has 1 N–H and O–H groups in total. The molecule has 0 saturated heterocycles. The highest BCUT2D eigenvalue weighted by Crippen LogP contribution is 2.04. The van der Waals surface area contributed by atoms with Gasteiger partial charge in [0.2, 0.25) is 0 Å². The van der Waals surface area contributed by atoms with Gasteiger partial charge in [-0.1, -0.05) is 13.0 Å². The van der Waals surface area contributed by atoms with Crippen molar-refractivity contribution in [2.24, 2.45) is 0 Å². The molecule has 0 fully saturated rings. The molecule has 1 aromatic heterocycles. The standard InChI is InChI=1S/C13H18N2O2/c1-3-12(13(16)17)6-9-15(2)10-11-4-7-14-8-5-11/h4-8H,3,9-10H2,1-2H3,(H,16,17). The molecule has 17 heavy (non-hydrogen) atoms. The number of likely N-dealkylation sites (N-methyl/N-ethyl adjacent to an activating group) is 1. The van der Waals surface area contributed by atoms with Crippen LogP contribution in [0.4, 0.5) is 0 Å². The predicted octanol–water partition coefficient (Wildman–Crippen LogP) is 1.93. The molecule has 1 rings (SSSR count). The molecular formula is C13H18N2O2. The number of aliphatic carboxylic acids is 1. The van der Waals surface area contributed by atoms with E-state index in [-0.39, 0.29) is 0 Å². The molecule has 0 amide bonds. The molecule has 0 spiro atoms. The first kappa shape index (κ1) is 13.4. The molecule has 0 saturated carbocycles. The summed E-state index contributed by atoms with van der Waals surface area (Å²) in [6.07, 6.45) is 5.84. The zero-order valence-corrected chi connectivity index (χ0v) is 10.3. The Morgan fingerprint density at radius 3 is 2.65 bits per heavy atom. The molecule has 0 atom stereocenters. The number of carbonyl (C=O) groups is 1. The molecule has 0 aliphatic carbocycles. The molecule has 1 heterocycles. The zero-order valence-electron chi connectivity index (χ0n) is 10.3. The molecular weight excluding hydrogens is 216 g/mol. The van der Waals surface area contributed by atoms with Gasteiger partial charge >= 0.3 is 5.97 Å². The summed E-state index contributed by atoms with van der Waals surface area (Å²) in [6.45, 7) is 3.27. The molecule has 0 aliphatic rings. The van der Waals surface area contributed by atoms with Crippen LogP contribution in [0.3, 0.4) is 0 Å². The van der Waals surface area contributed by atoms with Crippen LogP contribution in [0.5, 0.6) is 0 Å². The minimum Gasteiger partial charge on any atom is -0.478 e. The van der Waals surface area contributed by atoms with Crippen molar-refractivity contribution in [2.45, 2.75) is 19.9 Å². The Kier molecular flexibility index (Phi) is 5.36. The van der Waals surface area contributed by atoms with Crippen molar-refractivity contribution in [1.29, 1.82) is 0 Å². The van der Waals surface area contributed by atoms with Crippen molar-refractivity contribution in [2.75, 3.05) is 13.6 Å². The van der Waals surface area contributed by atoms with E-state index in [9.17, 15) is 4.79 Å². The van der Waals surface area contributed by atoms with Gasteiger partial charge in [0.15, 0.2) is 0 Å². The molecule has 1 aromatic rings. The second-order valence-electron chi connectivity index (χ2n) is 3.94. The Morgan fingerprint density at radius 2 is 2.12 bits per heavy atom. The van der Waals surface area contributed by atoms with Gasteiger partial charge in [0.25, 0.3) is 0 Å². The maximum atomic E-state index is 10.8. The van der Waals surface area contributed by atoms with Crippen LogP contribution in [0.25, 0.3) is 0 Å². The first-order chi connectivity index (χ1) is 8.13. The average molecular weight is 234 g/mol. The Hall–Kier alpha value is -1.68. The van der Waals surface area contributed by atoms with Crippen molar-refractivity contribution >= 4 is 5.97 Å². The van der Waals surface area contributed by atoms with Crippen LogP contribution in [0.1, 0.15) is 18.9 Å². The minimum absolute atomic E-state index is 0.464. The maximum absolute atomic E-state index is 10.8. The van der Waals surface area contributed by atoms with E-state index in [0.717, 1.165) is 6.54 Å². The van der Waals surface area contributed by atoms with Gasteiger partial charge in [0.1, 0.15) is 0 Å². The highest BCUT2D eigenvalue weighted by atomic mass is 16.4. The number of aromatic nitrogens is 1. The van der Waals surface area contributed by atoms with Gasteiger partial charge in [-0.15, -0.1) is 0 Å². The quantitative estimate of drug-likeness (QED) is 0.764. The number of hydrogen-bond acceptors (Lipinski definition) is 3. The third kappa shape index (κ3) is 4.78. The summed E-state index contributed by atoms with van der Waals surface area (Å²) in [5, 5.41) is 8.88. The van der Waals surface area contributed by atoms with Crippen LogP contribution in [-0.2, 0) is 11.3 Å². The van der Waals surface area contributed by atoms with E-state index in [4.69, 9.17) is 5.11 Å². The molecule has 0 aliphatic heterocycles. The fourth-order valence-corrected chi connectivity index (χ4v) is 1.51. The van der Waals surface area contributed by atoms with E-state index in [1.54, 1.807) is 18.5 Å². The summed E-state index contributed by atoms with van der Waals surface area (Å²) in [4.78, 5) is 16.8.